The van der Waals surface area contributed by atoms with Crippen molar-refractivity contribution in [3.63, 3.8) is 0 Å². The Kier molecular flexibility index (Phi) is 8.27. The number of hydrogen-bond donors (Lipinski definition) is 2. The van der Waals surface area contributed by atoms with E-state index in [1.54, 1.807) is 57.7 Å². The third kappa shape index (κ3) is 6.37. The third-order valence-electron chi connectivity index (χ3n) is 5.76. The molecule has 0 bridgehead atoms. The number of aromatic nitrogens is 1. The zero-order valence-electron chi connectivity index (χ0n) is 21.3. The highest BCUT2D eigenvalue weighted by molar-refractivity contribution is 7.91. The number of nitrogens with one attached hydrogen (secondary N) is 1. The Bertz CT molecular complexity index is 1460. The van der Waals surface area contributed by atoms with Crippen molar-refractivity contribution in [2.24, 2.45) is 4.36 Å². The highest BCUT2D eigenvalue weighted by Gasteiger charge is 2.17. The minimum absolute atomic E-state index is 0.127. The number of aliphatic hydroxyl groups excluding tert-OH is 1. The van der Waals surface area contributed by atoms with E-state index in [1.165, 1.54) is 0 Å². The molecular weight excluding hydrogens is 490 g/mol. The molecule has 0 radical (unpaired) electrons. The maximum absolute atomic E-state index is 14.0. The van der Waals surface area contributed by atoms with Gasteiger partial charge in [-0.3, -0.25) is 4.98 Å². The Morgan fingerprint density at radius 1 is 0.919 bits per heavy atom. The maximum Gasteiger partial charge on any atom is 0.138 e. The Labute approximate surface area is 217 Å². The predicted octanol–water partition coefficient (Wildman–Crippen LogP) is 5.52. The first-order valence-electron chi connectivity index (χ1n) is 11.8. The Morgan fingerprint density at radius 3 is 2.22 bits per heavy atom. The molecule has 4 aromatic rings. The molecule has 37 heavy (non-hydrogen) atoms. The lowest BCUT2D eigenvalue weighted by molar-refractivity contribution is 0.199. The summed E-state index contributed by atoms with van der Waals surface area (Å²) in [6.45, 7) is 3.64. The zero-order chi connectivity index (χ0) is 26.4. The molecule has 0 fully saturated rings. The van der Waals surface area contributed by atoms with Gasteiger partial charge in [0.1, 0.15) is 32.9 Å². The summed E-state index contributed by atoms with van der Waals surface area (Å²) in [5, 5.41) is 10.7. The Balaban J connectivity index is 1.62. The van der Waals surface area contributed by atoms with Gasteiger partial charge in [-0.2, -0.15) is 0 Å². The molecule has 0 aliphatic rings. The zero-order valence-corrected chi connectivity index (χ0v) is 22.1. The van der Waals surface area contributed by atoms with Gasteiger partial charge in [0.15, 0.2) is 0 Å². The lowest BCUT2D eigenvalue weighted by Crippen LogP contribution is -2.31. The van der Waals surface area contributed by atoms with Gasteiger partial charge in [-0.15, -0.1) is 0 Å². The number of nitrogens with zero attached hydrogens (tertiary/aromatic N) is 2. The van der Waals surface area contributed by atoms with E-state index < -0.39 is 16.0 Å². The van der Waals surface area contributed by atoms with Gasteiger partial charge in [0, 0.05) is 24.2 Å². The topological polar surface area (TPSA) is 102 Å². The molecule has 9 heteroatoms. The van der Waals surface area contributed by atoms with Crippen LogP contribution in [0.5, 0.6) is 23.0 Å². The summed E-state index contributed by atoms with van der Waals surface area (Å²) in [6.07, 6.45) is 0.992. The molecule has 3 atom stereocenters. The van der Waals surface area contributed by atoms with Crippen LogP contribution in [-0.4, -0.2) is 41.2 Å². The molecule has 194 valence electrons. The molecule has 0 saturated carbocycles. The van der Waals surface area contributed by atoms with Crippen LogP contribution in [0.1, 0.15) is 25.5 Å². The van der Waals surface area contributed by atoms with Crippen molar-refractivity contribution >= 4 is 20.8 Å². The first-order chi connectivity index (χ1) is 17.8. The molecule has 0 saturated heterocycles. The van der Waals surface area contributed by atoms with E-state index in [0.717, 1.165) is 22.2 Å². The van der Waals surface area contributed by atoms with Crippen LogP contribution >= 0.6 is 0 Å². The number of ether oxygens (including phenoxy) is 3. The van der Waals surface area contributed by atoms with E-state index in [0.29, 0.717) is 22.1 Å². The lowest BCUT2D eigenvalue weighted by Gasteiger charge is -2.17. The maximum atomic E-state index is 14.0. The van der Waals surface area contributed by atoms with Crippen molar-refractivity contribution < 1.29 is 23.5 Å². The van der Waals surface area contributed by atoms with E-state index >= 15 is 0 Å². The monoisotopic (exact) mass is 521 g/mol. The third-order valence-corrected chi connectivity index (χ3v) is 7.84. The number of rotatable bonds is 10. The second kappa shape index (κ2) is 11.6. The minimum atomic E-state index is -3.05. The van der Waals surface area contributed by atoms with Crippen molar-refractivity contribution in [2.75, 3.05) is 20.8 Å². The fraction of sp³-hybridized carbons (Fsp3) is 0.250. The van der Waals surface area contributed by atoms with Crippen LogP contribution in [0.15, 0.2) is 88.3 Å². The van der Waals surface area contributed by atoms with Gasteiger partial charge in [-0.25, -0.2) is 13.3 Å². The molecule has 1 aromatic heterocycles. The van der Waals surface area contributed by atoms with Gasteiger partial charge in [-0.1, -0.05) is 12.1 Å². The van der Waals surface area contributed by atoms with Gasteiger partial charge < -0.3 is 19.3 Å². The van der Waals surface area contributed by atoms with Crippen LogP contribution in [0.3, 0.4) is 0 Å². The Morgan fingerprint density at radius 2 is 1.57 bits per heavy atom. The van der Waals surface area contributed by atoms with E-state index in [2.05, 4.69) is 14.1 Å². The summed E-state index contributed by atoms with van der Waals surface area (Å²) in [5.41, 5.74) is 1.65. The van der Waals surface area contributed by atoms with Crippen LogP contribution in [0, 0.1) is 0 Å². The van der Waals surface area contributed by atoms with Crippen LogP contribution in [-0.2, 0) is 9.92 Å². The van der Waals surface area contributed by atoms with Crippen LogP contribution in [0.25, 0.3) is 10.9 Å². The van der Waals surface area contributed by atoms with E-state index in [9.17, 15) is 9.32 Å². The summed E-state index contributed by atoms with van der Waals surface area (Å²) in [7, 11) is 0.167. The standard InChI is InChI=1S/C28H31N3O5S/c1-19(32)18-30-37(33,31-20(2)21-5-7-22(34-3)8-6-21)25-12-9-23(10-13-25)36-28-15-16-29-27-17-24(35-4)11-14-26(27)28/h5-17,19-20,32H,18H2,1-4H3,(H,30,31,33)/t19-,20-,37+/m1/s1. The molecule has 0 aliphatic heterocycles. The predicted molar refractivity (Wildman–Crippen MR) is 145 cm³/mol. The summed E-state index contributed by atoms with van der Waals surface area (Å²) >= 11 is 0. The molecule has 1 heterocycles. The van der Waals surface area contributed by atoms with Crippen molar-refractivity contribution in [1.82, 2.24) is 9.71 Å². The highest BCUT2D eigenvalue weighted by Crippen LogP contribution is 2.32. The van der Waals surface area contributed by atoms with Gasteiger partial charge in [-0.05, 0) is 74.0 Å². The number of hydrogen-bond acceptors (Lipinski definition) is 7. The summed E-state index contributed by atoms with van der Waals surface area (Å²) in [6, 6.07) is 21.5. The molecule has 2 N–H and O–H groups in total. The van der Waals surface area contributed by atoms with Gasteiger partial charge >= 0.3 is 0 Å². The van der Waals surface area contributed by atoms with E-state index in [1.807, 2.05) is 49.4 Å². The number of fused-ring (bicyclic) bond motifs is 1. The molecule has 3 aromatic carbocycles. The fourth-order valence-corrected chi connectivity index (χ4v) is 5.62. The molecule has 0 amide bonds. The number of aliphatic hydroxyl groups is 1. The first-order valence-corrected chi connectivity index (χ1v) is 13.4. The van der Waals surface area contributed by atoms with Gasteiger partial charge in [0.25, 0.3) is 0 Å². The smallest absolute Gasteiger partial charge is 0.138 e. The van der Waals surface area contributed by atoms with Gasteiger partial charge in [0.05, 0.1) is 36.8 Å². The summed E-state index contributed by atoms with van der Waals surface area (Å²) < 4.78 is 38.3. The molecule has 4 rings (SSSR count). The quantitative estimate of drug-likeness (QED) is 0.285. The second-order valence-electron chi connectivity index (χ2n) is 8.54. The first kappa shape index (κ1) is 26.4. The van der Waals surface area contributed by atoms with Crippen LogP contribution in [0.2, 0.25) is 0 Å². The number of benzene rings is 3. The van der Waals surface area contributed by atoms with Crippen LogP contribution < -0.4 is 18.9 Å². The average Bonchev–Trinajstić information content (AvgIpc) is 2.92. The summed E-state index contributed by atoms with van der Waals surface area (Å²) in [5.74, 6) is 2.67. The lowest BCUT2D eigenvalue weighted by atomic mass is 10.1. The normalized spacial score (nSPS) is 14.4. The molecule has 0 aliphatic carbocycles. The second-order valence-corrected chi connectivity index (χ2v) is 10.6. The fourth-order valence-electron chi connectivity index (χ4n) is 3.72. The molecule has 8 nitrogen and oxygen atoms in total. The minimum Gasteiger partial charge on any atom is -0.497 e. The van der Waals surface area contributed by atoms with Crippen LogP contribution in [0.4, 0.5) is 0 Å². The average molecular weight is 522 g/mol. The number of pyridine rings is 1. The van der Waals surface area contributed by atoms with E-state index in [-0.39, 0.29) is 12.6 Å². The van der Waals surface area contributed by atoms with Crippen molar-refractivity contribution in [3.8, 4) is 23.0 Å². The van der Waals surface area contributed by atoms with E-state index in [4.69, 9.17) is 14.2 Å². The summed E-state index contributed by atoms with van der Waals surface area (Å²) in [4.78, 5) is 4.88. The molecular formula is C28H31N3O5S. The number of methoxy groups -OCH3 is 2. The highest BCUT2D eigenvalue weighted by atomic mass is 32.2. The van der Waals surface area contributed by atoms with Crippen molar-refractivity contribution in [2.45, 2.75) is 30.9 Å². The van der Waals surface area contributed by atoms with Crippen molar-refractivity contribution in [1.29, 1.82) is 0 Å². The Hall–Kier alpha value is -3.66. The largest absolute Gasteiger partial charge is 0.497 e. The van der Waals surface area contributed by atoms with Crippen molar-refractivity contribution in [3.05, 3.63) is 84.6 Å². The van der Waals surface area contributed by atoms with Gasteiger partial charge in [0.2, 0.25) is 0 Å². The SMILES string of the molecule is COc1ccc([C@@H](C)N=[S@@](=O)(NC[C@@H](C)O)c2ccc(Oc3ccnc4cc(OC)ccc34)cc2)cc1. The molecule has 0 spiro atoms. The molecule has 0 unspecified atom stereocenters.